The second-order valence-electron chi connectivity index (χ2n) is 13.7. The Bertz CT molecular complexity index is 2760. The lowest BCUT2D eigenvalue weighted by Gasteiger charge is -2.41. The monoisotopic (exact) mass is 690 g/mol. The average molecular weight is 691 g/mol. The maximum Gasteiger partial charge on any atom is 0.160 e. The first kappa shape index (κ1) is 31.6. The molecule has 0 unspecified atom stereocenters. The van der Waals surface area contributed by atoms with Crippen LogP contribution in [0.4, 0.5) is 0 Å². The highest BCUT2D eigenvalue weighted by Gasteiger charge is 2.45. The minimum atomic E-state index is -0.596. The van der Waals surface area contributed by atoms with E-state index in [1.54, 1.807) is 0 Å². The lowest BCUT2D eigenvalue weighted by Crippen LogP contribution is -2.34. The molecule has 0 N–H and O–H groups in total. The third kappa shape index (κ3) is 5.29. The van der Waals surface area contributed by atoms with Gasteiger partial charge < -0.3 is 4.74 Å². The SMILES string of the molecule is c1ccc(-c2cc(-c3cccc4ccccc34)nc(-c3cccc(-c4cccc(C5(c6ccccc6)c6ccccc6Oc6ccccc65)c4)c3)n2)cc1. The largest absolute Gasteiger partial charge is 0.457 e. The molecule has 0 atom stereocenters. The van der Waals surface area contributed by atoms with Gasteiger partial charge in [-0.2, -0.15) is 0 Å². The fraction of sp³-hybridized carbons (Fsp3) is 0.0196. The summed E-state index contributed by atoms with van der Waals surface area (Å²) in [7, 11) is 0. The van der Waals surface area contributed by atoms with Gasteiger partial charge in [-0.15, -0.1) is 0 Å². The normalized spacial score (nSPS) is 12.7. The van der Waals surface area contributed by atoms with Gasteiger partial charge in [0.2, 0.25) is 0 Å². The van der Waals surface area contributed by atoms with Crippen molar-refractivity contribution in [1.29, 1.82) is 0 Å². The van der Waals surface area contributed by atoms with E-state index in [0.29, 0.717) is 5.82 Å². The maximum absolute atomic E-state index is 6.55. The van der Waals surface area contributed by atoms with Crippen LogP contribution in [0.5, 0.6) is 11.5 Å². The van der Waals surface area contributed by atoms with Crippen LogP contribution in [-0.4, -0.2) is 9.97 Å². The van der Waals surface area contributed by atoms with E-state index in [-0.39, 0.29) is 0 Å². The van der Waals surface area contributed by atoms with Crippen LogP contribution < -0.4 is 4.74 Å². The van der Waals surface area contributed by atoms with Crippen LogP contribution in [0.25, 0.3) is 55.8 Å². The summed E-state index contributed by atoms with van der Waals surface area (Å²) in [6.07, 6.45) is 0. The molecule has 0 radical (unpaired) electrons. The Balaban J connectivity index is 1.14. The number of rotatable bonds is 6. The number of benzene rings is 8. The highest BCUT2D eigenvalue weighted by Crippen LogP contribution is 2.55. The fourth-order valence-electron chi connectivity index (χ4n) is 8.16. The zero-order valence-electron chi connectivity index (χ0n) is 29.4. The molecule has 8 aromatic carbocycles. The molecule has 1 aliphatic rings. The summed E-state index contributed by atoms with van der Waals surface area (Å²) < 4.78 is 6.55. The van der Waals surface area contributed by atoms with Crippen LogP contribution in [-0.2, 0) is 5.41 Å². The molecule has 0 saturated heterocycles. The number of fused-ring (bicyclic) bond motifs is 3. The van der Waals surface area contributed by atoms with Crippen LogP contribution in [0.15, 0.2) is 206 Å². The third-order valence-electron chi connectivity index (χ3n) is 10.6. The molecule has 0 fully saturated rings. The quantitative estimate of drug-likeness (QED) is 0.174. The van der Waals surface area contributed by atoms with Gasteiger partial charge in [0.1, 0.15) is 11.5 Å². The summed E-state index contributed by atoms with van der Waals surface area (Å²) in [5.41, 5.74) is 11.1. The van der Waals surface area contributed by atoms with E-state index in [1.807, 2.05) is 18.2 Å². The molecule has 3 heteroatoms. The molecule has 0 aliphatic carbocycles. The smallest absolute Gasteiger partial charge is 0.160 e. The Hall–Kier alpha value is -7.10. The number of aromatic nitrogens is 2. The molecule has 254 valence electrons. The molecular weight excluding hydrogens is 657 g/mol. The molecule has 1 aromatic heterocycles. The zero-order chi connectivity index (χ0) is 35.9. The van der Waals surface area contributed by atoms with Crippen molar-refractivity contribution >= 4 is 10.8 Å². The molecule has 0 spiro atoms. The van der Waals surface area contributed by atoms with Crippen LogP contribution in [0.2, 0.25) is 0 Å². The van der Waals surface area contributed by atoms with Crippen molar-refractivity contribution in [2.75, 3.05) is 0 Å². The van der Waals surface area contributed by atoms with Crippen molar-refractivity contribution in [3.8, 4) is 56.5 Å². The number of hydrogen-bond donors (Lipinski definition) is 0. The van der Waals surface area contributed by atoms with Gasteiger partial charge in [0, 0.05) is 27.8 Å². The molecule has 9 aromatic rings. The van der Waals surface area contributed by atoms with E-state index in [4.69, 9.17) is 14.7 Å². The predicted octanol–water partition coefficient (Wildman–Crippen LogP) is 12.8. The third-order valence-corrected chi connectivity index (χ3v) is 10.6. The van der Waals surface area contributed by atoms with E-state index < -0.39 is 5.41 Å². The second-order valence-corrected chi connectivity index (χ2v) is 13.7. The lowest BCUT2D eigenvalue weighted by atomic mass is 9.63. The van der Waals surface area contributed by atoms with Gasteiger partial charge in [-0.25, -0.2) is 9.97 Å². The summed E-state index contributed by atoms with van der Waals surface area (Å²) in [5.74, 6) is 2.42. The molecule has 1 aliphatic heterocycles. The predicted molar refractivity (Wildman–Crippen MR) is 220 cm³/mol. The first-order valence-corrected chi connectivity index (χ1v) is 18.3. The van der Waals surface area contributed by atoms with Crippen molar-refractivity contribution in [1.82, 2.24) is 9.97 Å². The topological polar surface area (TPSA) is 35.0 Å². The summed E-state index contributed by atoms with van der Waals surface area (Å²) in [6, 6.07) is 72.6. The maximum atomic E-state index is 6.55. The average Bonchev–Trinajstić information content (AvgIpc) is 3.26. The van der Waals surface area contributed by atoms with Crippen LogP contribution in [0.3, 0.4) is 0 Å². The lowest BCUT2D eigenvalue weighted by molar-refractivity contribution is 0.434. The molecule has 3 nitrogen and oxygen atoms in total. The molecular formula is C51H34N2O. The highest BCUT2D eigenvalue weighted by molar-refractivity contribution is 5.96. The first-order valence-electron chi connectivity index (χ1n) is 18.3. The van der Waals surface area contributed by atoms with E-state index >= 15 is 0 Å². The summed E-state index contributed by atoms with van der Waals surface area (Å²) in [5, 5.41) is 2.35. The Morgan fingerprint density at radius 1 is 0.370 bits per heavy atom. The van der Waals surface area contributed by atoms with Crippen LogP contribution in [0, 0.1) is 0 Å². The van der Waals surface area contributed by atoms with E-state index in [9.17, 15) is 0 Å². The molecule has 0 bridgehead atoms. The van der Waals surface area contributed by atoms with Gasteiger partial charge in [-0.1, -0.05) is 176 Å². The highest BCUT2D eigenvalue weighted by atomic mass is 16.5. The van der Waals surface area contributed by atoms with Gasteiger partial charge >= 0.3 is 0 Å². The van der Waals surface area contributed by atoms with Crippen molar-refractivity contribution in [3.05, 3.63) is 229 Å². The Labute approximate surface area is 314 Å². The van der Waals surface area contributed by atoms with E-state index in [2.05, 4.69) is 188 Å². The number of ether oxygens (including phenoxy) is 1. The van der Waals surface area contributed by atoms with Gasteiger partial charge in [0.25, 0.3) is 0 Å². The Morgan fingerprint density at radius 2 is 0.907 bits per heavy atom. The minimum absolute atomic E-state index is 0.596. The van der Waals surface area contributed by atoms with Crippen molar-refractivity contribution < 1.29 is 4.74 Å². The molecule has 54 heavy (non-hydrogen) atoms. The van der Waals surface area contributed by atoms with E-state index in [1.165, 1.54) is 16.5 Å². The summed E-state index contributed by atoms with van der Waals surface area (Å²) >= 11 is 0. The van der Waals surface area contributed by atoms with Crippen LogP contribution in [0.1, 0.15) is 22.3 Å². The number of nitrogens with zero attached hydrogens (tertiary/aromatic N) is 2. The zero-order valence-corrected chi connectivity index (χ0v) is 29.4. The van der Waals surface area contributed by atoms with Crippen molar-refractivity contribution in [2.24, 2.45) is 0 Å². The Morgan fingerprint density at radius 3 is 1.69 bits per heavy atom. The summed E-state index contributed by atoms with van der Waals surface area (Å²) in [6.45, 7) is 0. The van der Waals surface area contributed by atoms with Crippen LogP contribution >= 0.6 is 0 Å². The minimum Gasteiger partial charge on any atom is -0.457 e. The second kappa shape index (κ2) is 13.1. The van der Waals surface area contributed by atoms with Gasteiger partial charge in [-0.3, -0.25) is 0 Å². The fourth-order valence-corrected chi connectivity index (χ4v) is 8.16. The summed E-state index contributed by atoms with van der Waals surface area (Å²) in [4.78, 5) is 10.4. The first-order chi connectivity index (χ1) is 26.8. The Kier molecular flexibility index (Phi) is 7.70. The van der Waals surface area contributed by atoms with E-state index in [0.717, 1.165) is 67.2 Å². The van der Waals surface area contributed by atoms with Gasteiger partial charge in [0.05, 0.1) is 16.8 Å². The number of hydrogen-bond acceptors (Lipinski definition) is 3. The molecule has 0 amide bonds. The molecule has 0 saturated carbocycles. The van der Waals surface area contributed by atoms with Crippen molar-refractivity contribution in [2.45, 2.75) is 5.41 Å². The van der Waals surface area contributed by atoms with Crippen molar-refractivity contribution in [3.63, 3.8) is 0 Å². The molecule has 2 heterocycles. The van der Waals surface area contributed by atoms with Gasteiger partial charge in [-0.05, 0) is 63.4 Å². The number of para-hydroxylation sites is 2. The van der Waals surface area contributed by atoms with Gasteiger partial charge in [0.15, 0.2) is 5.82 Å². The standard InChI is InChI=1S/C51H34N2O/c1-3-17-36(18-4-1)46-34-47(43-27-15-19-35-16-7-8-26-42(35)43)53-50(52-46)39-22-13-20-37(32-39)38-21-14-25-41(33-38)51(40-23-5-2-6-24-40)44-28-9-11-30-48(44)54-49-31-12-10-29-45(49)51/h1-34H. The molecule has 10 rings (SSSR count).